The number of nitrogens with zero attached hydrogens (tertiary/aromatic N) is 3. The molecule has 3 aliphatic heterocycles. The zero-order chi connectivity index (χ0) is 26.0. The van der Waals surface area contributed by atoms with Gasteiger partial charge >= 0.3 is 6.03 Å². The molecule has 1 fully saturated rings. The van der Waals surface area contributed by atoms with E-state index < -0.39 is 17.6 Å². The molecule has 0 bridgehead atoms. The normalized spacial score (nSPS) is 18.0. The molecule has 38 heavy (non-hydrogen) atoms. The second-order valence-electron chi connectivity index (χ2n) is 10.1. The quantitative estimate of drug-likeness (QED) is 0.400. The van der Waals surface area contributed by atoms with Gasteiger partial charge < -0.3 is 18.8 Å². The molecule has 0 radical (unpaired) electrons. The molecule has 8 nitrogen and oxygen atoms in total. The lowest BCUT2D eigenvalue weighted by Gasteiger charge is -2.32. The van der Waals surface area contributed by atoms with Crippen LogP contribution < -0.4 is 5.32 Å². The lowest BCUT2D eigenvalue weighted by atomic mass is 9.95. The van der Waals surface area contributed by atoms with E-state index in [0.717, 1.165) is 37.9 Å². The molecule has 9 heteroatoms. The largest absolute Gasteiger partial charge is 0.464 e. The molecular weight excluding hydrogens is 487 g/mol. The van der Waals surface area contributed by atoms with Gasteiger partial charge in [-0.3, -0.25) is 14.9 Å². The number of fused-ring (bicyclic) bond motifs is 1. The van der Waals surface area contributed by atoms with Crippen molar-refractivity contribution in [2.24, 2.45) is 0 Å². The number of furan rings is 1. The van der Waals surface area contributed by atoms with Gasteiger partial charge in [0.15, 0.2) is 0 Å². The summed E-state index contributed by atoms with van der Waals surface area (Å²) in [4.78, 5) is 43.1. The molecule has 5 heterocycles. The van der Waals surface area contributed by atoms with Crippen molar-refractivity contribution < 1.29 is 23.2 Å². The van der Waals surface area contributed by atoms with Crippen LogP contribution in [0, 0.1) is 5.82 Å². The SMILES string of the molecule is O=C1NC(=O)C(c2cn3c4c(cc(F)cc24)CN(C(=O)N2CCCCC2)CC3)=C1c1coc2ccccc12. The van der Waals surface area contributed by atoms with E-state index in [4.69, 9.17) is 4.42 Å². The molecule has 4 amide bonds. The Labute approximate surface area is 217 Å². The van der Waals surface area contributed by atoms with Crippen LogP contribution in [0.25, 0.3) is 33.0 Å². The van der Waals surface area contributed by atoms with Crippen LogP contribution in [-0.2, 0) is 22.7 Å². The molecule has 0 aliphatic carbocycles. The standard InChI is InChI=1S/C29H25FN4O4/c30-18-12-17-14-34(29(37)32-8-4-1-5-9-32)11-10-33-15-21(20(13-18)26(17)33)24-25(28(36)31-27(24)35)22-16-38-23-7-3-2-6-19(22)23/h2-3,6-7,12-13,15-16H,1,4-5,8-11,14H2,(H,31,35,36). The molecule has 1 N–H and O–H groups in total. The smallest absolute Gasteiger partial charge is 0.320 e. The topological polar surface area (TPSA) is 87.8 Å². The Morgan fingerprint density at radius 3 is 2.45 bits per heavy atom. The van der Waals surface area contributed by atoms with Crippen LogP contribution in [0.2, 0.25) is 0 Å². The summed E-state index contributed by atoms with van der Waals surface area (Å²) in [5.74, 6) is -1.50. The molecule has 192 valence electrons. The fraction of sp³-hybridized carbons (Fsp3) is 0.276. The van der Waals surface area contributed by atoms with Crippen molar-refractivity contribution in [2.45, 2.75) is 32.4 Å². The van der Waals surface area contributed by atoms with Gasteiger partial charge in [-0.2, -0.15) is 0 Å². The summed E-state index contributed by atoms with van der Waals surface area (Å²) in [6, 6.07) is 10.1. The van der Waals surface area contributed by atoms with Crippen LogP contribution in [0.4, 0.5) is 9.18 Å². The lowest BCUT2D eigenvalue weighted by Crippen LogP contribution is -2.45. The van der Waals surface area contributed by atoms with E-state index in [0.29, 0.717) is 46.1 Å². The number of amides is 4. The average molecular weight is 513 g/mol. The number of urea groups is 1. The second-order valence-corrected chi connectivity index (χ2v) is 10.1. The molecule has 2 aromatic carbocycles. The molecule has 2 aromatic heterocycles. The summed E-state index contributed by atoms with van der Waals surface area (Å²) in [5.41, 5.74) is 3.46. The minimum absolute atomic E-state index is 0.0225. The van der Waals surface area contributed by atoms with Gasteiger partial charge in [0.1, 0.15) is 11.4 Å². The first-order valence-corrected chi connectivity index (χ1v) is 12.9. The maximum atomic E-state index is 15.0. The summed E-state index contributed by atoms with van der Waals surface area (Å²) >= 11 is 0. The van der Waals surface area contributed by atoms with E-state index in [1.165, 1.54) is 18.4 Å². The highest BCUT2D eigenvalue weighted by molar-refractivity contribution is 6.50. The van der Waals surface area contributed by atoms with Gasteiger partial charge in [0.25, 0.3) is 11.8 Å². The molecular formula is C29H25FN4O4. The molecule has 0 saturated carbocycles. The van der Waals surface area contributed by atoms with Crippen LogP contribution in [0.15, 0.2) is 53.3 Å². The Kier molecular flexibility index (Phi) is 5.14. The number of halogens is 1. The van der Waals surface area contributed by atoms with Gasteiger partial charge in [-0.15, -0.1) is 0 Å². The number of carbonyl (C=O) groups excluding carboxylic acids is 3. The van der Waals surface area contributed by atoms with Gasteiger partial charge in [0.2, 0.25) is 0 Å². The Morgan fingerprint density at radius 1 is 0.868 bits per heavy atom. The van der Waals surface area contributed by atoms with Gasteiger partial charge in [-0.1, -0.05) is 18.2 Å². The molecule has 0 unspecified atom stereocenters. The molecule has 0 spiro atoms. The Hall–Kier alpha value is -4.40. The maximum Gasteiger partial charge on any atom is 0.320 e. The fourth-order valence-electron chi connectivity index (χ4n) is 6.09. The van der Waals surface area contributed by atoms with Crippen molar-refractivity contribution in [3.8, 4) is 0 Å². The predicted molar refractivity (Wildman–Crippen MR) is 139 cm³/mol. The zero-order valence-corrected chi connectivity index (χ0v) is 20.6. The Morgan fingerprint density at radius 2 is 1.63 bits per heavy atom. The molecule has 7 rings (SSSR count). The molecule has 3 aliphatic rings. The number of hydrogen-bond donors (Lipinski definition) is 1. The van der Waals surface area contributed by atoms with E-state index in [9.17, 15) is 14.4 Å². The fourth-order valence-corrected chi connectivity index (χ4v) is 6.09. The van der Waals surface area contributed by atoms with Crippen LogP contribution >= 0.6 is 0 Å². The molecule has 1 saturated heterocycles. The summed E-state index contributed by atoms with van der Waals surface area (Å²) in [6.07, 6.45) is 6.41. The Bertz CT molecular complexity index is 1690. The highest BCUT2D eigenvalue weighted by atomic mass is 19.1. The highest BCUT2D eigenvalue weighted by Gasteiger charge is 2.36. The van der Waals surface area contributed by atoms with Crippen LogP contribution in [-0.4, -0.2) is 51.8 Å². The average Bonchev–Trinajstić information content (AvgIpc) is 3.54. The highest BCUT2D eigenvalue weighted by Crippen LogP contribution is 2.40. The summed E-state index contributed by atoms with van der Waals surface area (Å²) in [5, 5.41) is 3.68. The minimum atomic E-state index is -0.529. The third-order valence-electron chi connectivity index (χ3n) is 7.84. The summed E-state index contributed by atoms with van der Waals surface area (Å²) in [6.45, 7) is 2.70. The van der Waals surface area contributed by atoms with E-state index in [2.05, 4.69) is 5.32 Å². The third-order valence-corrected chi connectivity index (χ3v) is 7.84. The number of hydrogen-bond acceptors (Lipinski definition) is 4. The van der Waals surface area contributed by atoms with Crippen LogP contribution in [0.3, 0.4) is 0 Å². The van der Waals surface area contributed by atoms with E-state index in [1.54, 1.807) is 17.2 Å². The first-order chi connectivity index (χ1) is 18.5. The number of nitrogens with one attached hydrogen (secondary N) is 1. The number of rotatable bonds is 2. The zero-order valence-electron chi connectivity index (χ0n) is 20.6. The number of likely N-dealkylation sites (tertiary alicyclic amines) is 1. The van der Waals surface area contributed by atoms with Crippen molar-refractivity contribution in [3.63, 3.8) is 0 Å². The lowest BCUT2D eigenvalue weighted by molar-refractivity contribution is -0.122. The van der Waals surface area contributed by atoms with Gasteiger partial charge in [0, 0.05) is 60.8 Å². The third kappa shape index (κ3) is 3.45. The Balaban J connectivity index is 1.37. The number of piperidine rings is 1. The number of carbonyl (C=O) groups is 3. The van der Waals surface area contributed by atoms with Crippen LogP contribution in [0.5, 0.6) is 0 Å². The van der Waals surface area contributed by atoms with Crippen molar-refractivity contribution in [1.82, 2.24) is 19.7 Å². The second kappa shape index (κ2) is 8.58. The van der Waals surface area contributed by atoms with Gasteiger partial charge in [0.05, 0.1) is 22.9 Å². The van der Waals surface area contributed by atoms with Crippen LogP contribution in [0.1, 0.15) is 36.0 Å². The van der Waals surface area contributed by atoms with Crippen molar-refractivity contribution in [1.29, 1.82) is 0 Å². The summed E-state index contributed by atoms with van der Waals surface area (Å²) in [7, 11) is 0. The predicted octanol–water partition coefficient (Wildman–Crippen LogP) is 4.52. The first kappa shape index (κ1) is 22.8. The molecule has 0 atom stereocenters. The number of para-hydroxylation sites is 1. The number of aromatic nitrogens is 1. The monoisotopic (exact) mass is 512 g/mol. The van der Waals surface area contributed by atoms with E-state index in [1.807, 2.05) is 27.7 Å². The van der Waals surface area contributed by atoms with Gasteiger partial charge in [-0.25, -0.2) is 9.18 Å². The molecule has 4 aromatic rings. The van der Waals surface area contributed by atoms with Crippen molar-refractivity contribution in [2.75, 3.05) is 19.6 Å². The van der Waals surface area contributed by atoms with Crippen molar-refractivity contribution in [3.05, 3.63) is 71.4 Å². The summed E-state index contributed by atoms with van der Waals surface area (Å²) < 4.78 is 22.7. The number of imide groups is 1. The minimum Gasteiger partial charge on any atom is -0.464 e. The number of benzene rings is 2. The van der Waals surface area contributed by atoms with Crippen molar-refractivity contribution >= 4 is 50.9 Å². The van der Waals surface area contributed by atoms with E-state index in [-0.39, 0.29) is 23.7 Å². The van der Waals surface area contributed by atoms with E-state index >= 15 is 4.39 Å². The maximum absolute atomic E-state index is 15.0. The van der Waals surface area contributed by atoms with Gasteiger partial charge in [-0.05, 0) is 43.0 Å². The first-order valence-electron chi connectivity index (χ1n) is 12.9.